The number of nitrogens with zero attached hydrogens (tertiary/aromatic N) is 3. The van der Waals surface area contributed by atoms with Gasteiger partial charge >= 0.3 is 0 Å². The van der Waals surface area contributed by atoms with Crippen LogP contribution in [0, 0.1) is 11.3 Å². The first-order chi connectivity index (χ1) is 6.40. The molecule has 0 unspecified atom stereocenters. The second-order valence-corrected chi connectivity index (χ2v) is 4.00. The van der Waals surface area contributed by atoms with Crippen molar-refractivity contribution in [3.05, 3.63) is 21.3 Å². The summed E-state index contributed by atoms with van der Waals surface area (Å²) in [6.45, 7) is 0. The van der Waals surface area contributed by atoms with E-state index in [0.717, 1.165) is 16.4 Å². The molecule has 0 aliphatic rings. The molecule has 0 aromatic carbocycles. The predicted molar refractivity (Wildman–Crippen MR) is 52.5 cm³/mol. The Morgan fingerprint density at radius 3 is 3.00 bits per heavy atom. The molecule has 0 bridgehead atoms. The zero-order valence-electron chi connectivity index (χ0n) is 6.60. The Morgan fingerprint density at radius 1 is 1.38 bits per heavy atom. The quantitative estimate of drug-likeness (QED) is 0.759. The summed E-state index contributed by atoms with van der Waals surface area (Å²) in [6.07, 6.45) is 0.384. The molecular weight excluding hydrogens is 202 g/mol. The normalized spacial score (nSPS) is 9.77. The third-order valence-electron chi connectivity index (χ3n) is 1.48. The summed E-state index contributed by atoms with van der Waals surface area (Å²) >= 11 is 3.05. The zero-order valence-corrected chi connectivity index (χ0v) is 8.23. The maximum atomic E-state index is 8.46. The fraction of sp³-hybridized carbons (Fsp3) is 0.125. The first kappa shape index (κ1) is 8.35. The monoisotopic (exact) mass is 207 g/mol. The number of hydrogen-bond donors (Lipinski definition) is 0. The summed E-state index contributed by atoms with van der Waals surface area (Å²) in [5.41, 5.74) is 3.54. The zero-order chi connectivity index (χ0) is 9.10. The topological polar surface area (TPSA) is 49.6 Å². The number of hydrogen-bond acceptors (Lipinski definition) is 5. The van der Waals surface area contributed by atoms with Gasteiger partial charge in [-0.15, -0.1) is 22.7 Å². The van der Waals surface area contributed by atoms with E-state index in [1.165, 1.54) is 11.3 Å². The lowest BCUT2D eigenvalue weighted by Gasteiger charge is -1.85. The van der Waals surface area contributed by atoms with E-state index in [4.69, 9.17) is 5.26 Å². The first-order valence-electron chi connectivity index (χ1n) is 3.60. The maximum absolute atomic E-state index is 8.46. The second-order valence-electron chi connectivity index (χ2n) is 2.34. The molecule has 5 heteroatoms. The van der Waals surface area contributed by atoms with E-state index >= 15 is 0 Å². The third kappa shape index (κ3) is 1.74. The molecule has 64 valence electrons. The highest BCUT2D eigenvalue weighted by Gasteiger charge is 2.04. The van der Waals surface area contributed by atoms with Crippen LogP contribution in [0.25, 0.3) is 11.4 Å². The molecule has 0 atom stereocenters. The van der Waals surface area contributed by atoms with Gasteiger partial charge in [-0.2, -0.15) is 5.26 Å². The van der Waals surface area contributed by atoms with Crippen molar-refractivity contribution in [1.29, 1.82) is 5.26 Å². The molecule has 3 nitrogen and oxygen atoms in total. The van der Waals surface area contributed by atoms with Crippen molar-refractivity contribution in [3.63, 3.8) is 0 Å². The molecule has 0 saturated carbocycles. The molecule has 0 spiro atoms. The lowest BCUT2D eigenvalue weighted by molar-refractivity contribution is 1.18. The third-order valence-corrected chi connectivity index (χ3v) is 2.91. The van der Waals surface area contributed by atoms with E-state index in [0.29, 0.717) is 6.42 Å². The van der Waals surface area contributed by atoms with Crippen LogP contribution < -0.4 is 0 Å². The van der Waals surface area contributed by atoms with Crippen LogP contribution in [0.3, 0.4) is 0 Å². The summed E-state index contributed by atoms with van der Waals surface area (Å²) in [4.78, 5) is 8.42. The fourth-order valence-electron chi connectivity index (χ4n) is 0.916. The van der Waals surface area contributed by atoms with Crippen LogP contribution in [-0.4, -0.2) is 9.97 Å². The van der Waals surface area contributed by atoms with E-state index in [9.17, 15) is 0 Å². The predicted octanol–water partition coefficient (Wildman–Crippen LogP) is 2.33. The maximum Gasteiger partial charge on any atom is 0.107 e. The van der Waals surface area contributed by atoms with Crippen LogP contribution in [0.5, 0.6) is 0 Å². The number of thiazole rings is 2. The van der Waals surface area contributed by atoms with Gasteiger partial charge in [0.05, 0.1) is 18.0 Å². The van der Waals surface area contributed by atoms with Crippen LogP contribution in [0.2, 0.25) is 0 Å². The standard InChI is InChI=1S/C8H5N3S2/c9-2-1-8-11-7(4-13-8)6-3-12-5-10-6/h3-5H,1H2. The number of rotatable bonds is 2. The highest BCUT2D eigenvalue weighted by Crippen LogP contribution is 2.21. The van der Waals surface area contributed by atoms with Gasteiger partial charge in [-0.25, -0.2) is 9.97 Å². The smallest absolute Gasteiger partial charge is 0.107 e. The summed E-state index contributed by atoms with van der Waals surface area (Å²) in [6, 6.07) is 2.07. The van der Waals surface area contributed by atoms with Crippen molar-refractivity contribution in [2.24, 2.45) is 0 Å². The molecule has 13 heavy (non-hydrogen) atoms. The molecule has 2 aromatic heterocycles. The van der Waals surface area contributed by atoms with Gasteiger partial charge in [0.15, 0.2) is 0 Å². The molecule has 0 saturated heterocycles. The molecule has 2 rings (SSSR count). The minimum atomic E-state index is 0.384. The molecular formula is C8H5N3S2. The molecule has 2 heterocycles. The van der Waals surface area contributed by atoms with E-state index in [1.54, 1.807) is 16.8 Å². The lowest BCUT2D eigenvalue weighted by atomic mass is 10.4. The summed E-state index contributed by atoms with van der Waals surface area (Å²) in [5, 5.41) is 13.2. The Bertz CT molecular complexity index is 424. The van der Waals surface area contributed by atoms with E-state index < -0.39 is 0 Å². The van der Waals surface area contributed by atoms with Gasteiger partial charge < -0.3 is 0 Å². The molecule has 0 amide bonds. The van der Waals surface area contributed by atoms with Gasteiger partial charge in [0.25, 0.3) is 0 Å². The second kappa shape index (κ2) is 3.64. The molecule has 0 aliphatic heterocycles. The number of nitriles is 1. The van der Waals surface area contributed by atoms with Crippen LogP contribution in [0.4, 0.5) is 0 Å². The van der Waals surface area contributed by atoms with Gasteiger partial charge in [-0.3, -0.25) is 0 Å². The van der Waals surface area contributed by atoms with Gasteiger partial charge in [0, 0.05) is 10.8 Å². The average molecular weight is 207 g/mol. The Hall–Kier alpha value is -1.25. The number of aromatic nitrogens is 2. The van der Waals surface area contributed by atoms with Crippen molar-refractivity contribution in [2.45, 2.75) is 6.42 Å². The SMILES string of the molecule is N#CCc1nc(-c2cscn2)cs1. The molecule has 0 fully saturated rings. The van der Waals surface area contributed by atoms with Crippen molar-refractivity contribution in [3.8, 4) is 17.5 Å². The molecule has 2 aromatic rings. The van der Waals surface area contributed by atoms with Crippen molar-refractivity contribution < 1.29 is 0 Å². The Kier molecular flexibility index (Phi) is 2.34. The largest absolute Gasteiger partial charge is 0.243 e. The van der Waals surface area contributed by atoms with Gasteiger partial charge in [0.2, 0.25) is 0 Å². The van der Waals surface area contributed by atoms with E-state index in [2.05, 4.69) is 16.0 Å². The highest BCUT2D eigenvalue weighted by atomic mass is 32.1. The van der Waals surface area contributed by atoms with Crippen LogP contribution in [0.15, 0.2) is 16.3 Å². The molecule has 0 radical (unpaired) electrons. The van der Waals surface area contributed by atoms with Crippen LogP contribution in [0.1, 0.15) is 5.01 Å². The van der Waals surface area contributed by atoms with Crippen molar-refractivity contribution >= 4 is 22.7 Å². The minimum absolute atomic E-state index is 0.384. The van der Waals surface area contributed by atoms with Gasteiger partial charge in [-0.05, 0) is 0 Å². The summed E-state index contributed by atoms with van der Waals surface area (Å²) in [5.74, 6) is 0. The molecule has 0 N–H and O–H groups in total. The van der Waals surface area contributed by atoms with Crippen LogP contribution >= 0.6 is 22.7 Å². The lowest BCUT2D eigenvalue weighted by Crippen LogP contribution is -1.80. The average Bonchev–Trinajstić information content (AvgIpc) is 2.70. The van der Waals surface area contributed by atoms with Crippen molar-refractivity contribution in [1.82, 2.24) is 9.97 Å². The Balaban J connectivity index is 2.29. The first-order valence-corrected chi connectivity index (χ1v) is 5.42. The van der Waals surface area contributed by atoms with E-state index in [-0.39, 0.29) is 0 Å². The van der Waals surface area contributed by atoms with Gasteiger partial charge in [-0.1, -0.05) is 0 Å². The fourth-order valence-corrected chi connectivity index (χ4v) is 2.18. The summed E-state index contributed by atoms with van der Waals surface area (Å²) in [7, 11) is 0. The summed E-state index contributed by atoms with van der Waals surface area (Å²) < 4.78 is 0. The van der Waals surface area contributed by atoms with Crippen molar-refractivity contribution in [2.75, 3.05) is 0 Å². The Labute approximate surface area is 83.3 Å². The molecule has 0 aliphatic carbocycles. The van der Waals surface area contributed by atoms with E-state index in [1.807, 2.05) is 10.8 Å². The van der Waals surface area contributed by atoms with Gasteiger partial charge in [0.1, 0.15) is 16.4 Å². The van der Waals surface area contributed by atoms with Crippen LogP contribution in [-0.2, 0) is 6.42 Å². The highest BCUT2D eigenvalue weighted by molar-refractivity contribution is 7.10. The minimum Gasteiger partial charge on any atom is -0.243 e. The Morgan fingerprint density at radius 2 is 2.31 bits per heavy atom.